The van der Waals surface area contributed by atoms with Crippen LogP contribution in [0.4, 0.5) is 13.2 Å². The minimum atomic E-state index is -4.67. The SMILES string of the molecule is Cn1cc(-c2cc(OCOCC[Si](C)(C)C)c3ncn(COCC[Si](C)(C)C)c(=O)c3c2)c(C(F)(F)F)n1. The number of rotatable bonds is 12. The number of hydrogen-bond donors (Lipinski definition) is 0. The van der Waals surface area contributed by atoms with Gasteiger partial charge in [0.25, 0.3) is 5.56 Å². The van der Waals surface area contributed by atoms with Crippen molar-refractivity contribution in [2.45, 2.75) is 64.3 Å². The second-order valence-corrected chi connectivity index (χ2v) is 23.0. The number of hydrogen-bond acceptors (Lipinski definition) is 6. The van der Waals surface area contributed by atoms with Crippen molar-refractivity contribution in [1.82, 2.24) is 19.3 Å². The zero-order valence-electron chi connectivity index (χ0n) is 23.1. The highest BCUT2D eigenvalue weighted by Gasteiger charge is 2.37. The zero-order chi connectivity index (χ0) is 28.3. The molecule has 0 bridgehead atoms. The third-order valence-electron chi connectivity index (χ3n) is 5.82. The first-order valence-electron chi connectivity index (χ1n) is 12.5. The van der Waals surface area contributed by atoms with Gasteiger partial charge in [-0.25, -0.2) is 4.98 Å². The molecule has 0 aliphatic carbocycles. The van der Waals surface area contributed by atoms with Gasteiger partial charge in [-0.05, 0) is 29.8 Å². The van der Waals surface area contributed by atoms with Gasteiger partial charge in [0.15, 0.2) is 12.5 Å². The Morgan fingerprint density at radius 1 is 0.974 bits per heavy atom. The summed E-state index contributed by atoms with van der Waals surface area (Å²) in [6.45, 7) is 14.2. The number of ether oxygens (including phenoxy) is 3. The van der Waals surface area contributed by atoms with E-state index in [1.165, 1.54) is 36.3 Å². The topological polar surface area (TPSA) is 80.4 Å². The Bertz CT molecular complexity index is 1310. The lowest BCUT2D eigenvalue weighted by Crippen LogP contribution is -2.25. The highest BCUT2D eigenvalue weighted by molar-refractivity contribution is 6.76. The largest absolute Gasteiger partial charge is 0.465 e. The van der Waals surface area contributed by atoms with Crippen LogP contribution in [-0.2, 0) is 29.4 Å². The number of aromatic nitrogens is 4. The molecule has 0 atom stereocenters. The molecule has 0 aliphatic heterocycles. The summed E-state index contributed by atoms with van der Waals surface area (Å²) in [7, 11) is -1.20. The first-order chi connectivity index (χ1) is 17.5. The number of alkyl halides is 3. The van der Waals surface area contributed by atoms with Crippen LogP contribution in [0.3, 0.4) is 0 Å². The summed E-state index contributed by atoms with van der Waals surface area (Å²) >= 11 is 0. The van der Waals surface area contributed by atoms with Crippen molar-refractivity contribution < 1.29 is 27.4 Å². The predicted octanol–water partition coefficient (Wildman–Crippen LogP) is 5.82. The molecule has 38 heavy (non-hydrogen) atoms. The minimum Gasteiger partial charge on any atom is -0.465 e. The number of aryl methyl sites for hydroxylation is 1. The van der Waals surface area contributed by atoms with Crippen molar-refractivity contribution in [2.24, 2.45) is 7.05 Å². The first-order valence-corrected chi connectivity index (χ1v) is 19.9. The molecule has 210 valence electrons. The maximum absolute atomic E-state index is 13.7. The standard InChI is InChI=1S/C25H37F3N4O4Si2/c1-31-14-20(23(30-31)25(26,27)28)18-12-19-22(21(13-18)36-17-35-9-11-38(5,6)7)29-15-32(24(19)33)16-34-8-10-37(2,3)4/h12-15H,8-11,16-17H2,1-7H3. The van der Waals surface area contributed by atoms with Gasteiger partial charge >= 0.3 is 6.18 Å². The fraction of sp³-hybridized carbons (Fsp3) is 0.560. The monoisotopic (exact) mass is 570 g/mol. The predicted molar refractivity (Wildman–Crippen MR) is 147 cm³/mol. The van der Waals surface area contributed by atoms with Crippen LogP contribution in [0.15, 0.2) is 29.5 Å². The van der Waals surface area contributed by atoms with Crippen LogP contribution in [0.1, 0.15) is 5.69 Å². The maximum atomic E-state index is 13.7. The zero-order valence-corrected chi connectivity index (χ0v) is 25.1. The third kappa shape index (κ3) is 8.25. The van der Waals surface area contributed by atoms with Gasteiger partial charge in [0.1, 0.15) is 24.3 Å². The van der Waals surface area contributed by atoms with E-state index in [2.05, 4.69) is 49.4 Å². The van der Waals surface area contributed by atoms with E-state index < -0.39 is 33.6 Å². The van der Waals surface area contributed by atoms with Gasteiger partial charge in [-0.2, -0.15) is 18.3 Å². The second-order valence-electron chi connectivity index (χ2n) is 11.8. The Morgan fingerprint density at radius 3 is 2.21 bits per heavy atom. The van der Waals surface area contributed by atoms with E-state index in [9.17, 15) is 18.0 Å². The summed E-state index contributed by atoms with van der Waals surface area (Å²) in [5.74, 6) is 0.159. The lowest BCUT2D eigenvalue weighted by molar-refractivity contribution is -0.140. The molecule has 2 heterocycles. The normalized spacial score (nSPS) is 12.9. The molecule has 3 aromatic rings. The van der Waals surface area contributed by atoms with Crippen molar-refractivity contribution in [2.75, 3.05) is 20.0 Å². The molecule has 0 N–H and O–H groups in total. The molecule has 3 rings (SSSR count). The van der Waals surface area contributed by atoms with Gasteiger partial charge in [-0.3, -0.25) is 14.0 Å². The van der Waals surface area contributed by atoms with E-state index in [-0.39, 0.29) is 41.3 Å². The molecule has 8 nitrogen and oxygen atoms in total. The van der Waals surface area contributed by atoms with Crippen LogP contribution in [0, 0.1) is 0 Å². The van der Waals surface area contributed by atoms with Crippen molar-refractivity contribution in [1.29, 1.82) is 0 Å². The van der Waals surface area contributed by atoms with Crippen LogP contribution < -0.4 is 10.3 Å². The van der Waals surface area contributed by atoms with Gasteiger partial charge in [-0.1, -0.05) is 39.3 Å². The van der Waals surface area contributed by atoms with Gasteiger partial charge < -0.3 is 14.2 Å². The van der Waals surface area contributed by atoms with E-state index in [0.717, 1.165) is 16.8 Å². The summed E-state index contributed by atoms with van der Waals surface area (Å²) in [6, 6.07) is 4.71. The van der Waals surface area contributed by atoms with Crippen LogP contribution in [0.25, 0.3) is 22.0 Å². The lowest BCUT2D eigenvalue weighted by Gasteiger charge is -2.17. The lowest BCUT2D eigenvalue weighted by atomic mass is 10.0. The van der Waals surface area contributed by atoms with E-state index >= 15 is 0 Å². The number of halogens is 3. The molecule has 0 unspecified atom stereocenters. The molecular weight excluding hydrogens is 533 g/mol. The molecule has 1 aromatic carbocycles. The third-order valence-corrected chi connectivity index (χ3v) is 9.23. The molecule has 0 saturated carbocycles. The summed E-state index contributed by atoms with van der Waals surface area (Å²) in [6.07, 6.45) is -2.04. The molecule has 0 spiro atoms. The van der Waals surface area contributed by atoms with Gasteiger partial charge in [0.2, 0.25) is 0 Å². The molecule has 0 fully saturated rings. The first kappa shape index (κ1) is 30.1. The van der Waals surface area contributed by atoms with Gasteiger partial charge in [0.05, 0.1) is 5.39 Å². The highest BCUT2D eigenvalue weighted by Crippen LogP contribution is 2.38. The summed E-state index contributed by atoms with van der Waals surface area (Å²) in [4.78, 5) is 17.7. The smallest absolute Gasteiger partial charge is 0.435 e. The van der Waals surface area contributed by atoms with Gasteiger partial charge in [0, 0.05) is 48.2 Å². The van der Waals surface area contributed by atoms with E-state index in [4.69, 9.17) is 14.2 Å². The van der Waals surface area contributed by atoms with Crippen molar-refractivity contribution >= 4 is 27.1 Å². The molecule has 0 amide bonds. The summed E-state index contributed by atoms with van der Waals surface area (Å²) in [5.41, 5.74) is -1.26. The average Bonchev–Trinajstić information content (AvgIpc) is 3.18. The quantitative estimate of drug-likeness (QED) is 0.155. The minimum absolute atomic E-state index is 0.00678. The molecule has 0 radical (unpaired) electrons. The number of fused-ring (bicyclic) bond motifs is 1. The van der Waals surface area contributed by atoms with Crippen molar-refractivity contribution in [3.8, 4) is 16.9 Å². The molecular formula is C25H37F3N4O4Si2. The molecule has 13 heteroatoms. The van der Waals surface area contributed by atoms with E-state index in [1.807, 2.05) is 0 Å². The Balaban J connectivity index is 1.99. The van der Waals surface area contributed by atoms with Crippen LogP contribution in [0.5, 0.6) is 5.75 Å². The van der Waals surface area contributed by atoms with Crippen LogP contribution in [0.2, 0.25) is 51.4 Å². The van der Waals surface area contributed by atoms with Crippen molar-refractivity contribution in [3.05, 3.63) is 40.7 Å². The number of nitrogens with zero attached hydrogens (tertiary/aromatic N) is 4. The summed E-state index contributed by atoms with van der Waals surface area (Å²) in [5, 5.41) is 3.72. The molecule has 0 aliphatic rings. The maximum Gasteiger partial charge on any atom is 0.435 e. The van der Waals surface area contributed by atoms with Gasteiger partial charge in [-0.15, -0.1) is 0 Å². The molecule has 2 aromatic heterocycles. The molecule has 0 saturated heterocycles. The van der Waals surface area contributed by atoms with Crippen LogP contribution in [-0.4, -0.2) is 55.5 Å². The Labute approximate surface area is 222 Å². The number of benzene rings is 1. The Kier molecular flexibility index (Phi) is 9.27. The highest BCUT2D eigenvalue weighted by atomic mass is 28.3. The fourth-order valence-corrected chi connectivity index (χ4v) is 5.10. The summed E-state index contributed by atoms with van der Waals surface area (Å²) < 4.78 is 60.7. The van der Waals surface area contributed by atoms with Crippen molar-refractivity contribution in [3.63, 3.8) is 0 Å². The second kappa shape index (κ2) is 11.7. The Morgan fingerprint density at radius 2 is 1.61 bits per heavy atom. The Hall–Kier alpha value is -2.49. The van der Waals surface area contributed by atoms with E-state index in [0.29, 0.717) is 13.2 Å². The van der Waals surface area contributed by atoms with Crippen LogP contribution >= 0.6 is 0 Å². The van der Waals surface area contributed by atoms with E-state index in [1.54, 1.807) is 0 Å². The fourth-order valence-electron chi connectivity index (χ4n) is 3.59. The average molecular weight is 571 g/mol.